The van der Waals surface area contributed by atoms with Gasteiger partial charge >= 0.3 is 6.18 Å². The summed E-state index contributed by atoms with van der Waals surface area (Å²) in [4.78, 5) is 17.1. The molecule has 1 aromatic rings. The number of halogens is 3. The maximum Gasteiger partial charge on any atom is 0.416 e. The monoisotopic (exact) mass is 425 g/mol. The molecule has 3 rings (SSSR count). The highest BCUT2D eigenvalue weighted by Crippen LogP contribution is 2.39. The van der Waals surface area contributed by atoms with Crippen molar-refractivity contribution < 1.29 is 18.0 Å². The van der Waals surface area contributed by atoms with Crippen LogP contribution in [-0.2, 0) is 17.5 Å². The van der Waals surface area contributed by atoms with Crippen LogP contribution in [0.4, 0.5) is 13.2 Å². The standard InChI is InChI=1S/C23H34F3N3O/c1-15(2)10-21(28(3)4)22(30)27-20-9-8-17-13-29(14-19(17)20)12-16-6-5-7-18(11-16)23(24,25)26/h5-7,11,15,17,19-21H,8-10,12-14H2,1-4H3,(H,27,30)/t17-,19+,20-,21-/m0/s1. The van der Waals surface area contributed by atoms with Crippen LogP contribution in [0.25, 0.3) is 0 Å². The maximum atomic E-state index is 13.0. The van der Waals surface area contributed by atoms with Crippen LogP contribution in [0.5, 0.6) is 0 Å². The highest BCUT2D eigenvalue weighted by Gasteiger charge is 2.43. The van der Waals surface area contributed by atoms with E-state index in [0.717, 1.165) is 38.4 Å². The van der Waals surface area contributed by atoms with Crippen molar-refractivity contribution in [3.05, 3.63) is 35.4 Å². The van der Waals surface area contributed by atoms with Gasteiger partial charge in [-0.1, -0.05) is 32.0 Å². The lowest BCUT2D eigenvalue weighted by Crippen LogP contribution is -2.49. The first-order valence-corrected chi connectivity index (χ1v) is 10.9. The summed E-state index contributed by atoms with van der Waals surface area (Å²) in [5.74, 6) is 1.41. The van der Waals surface area contributed by atoms with Crippen molar-refractivity contribution >= 4 is 5.91 Å². The van der Waals surface area contributed by atoms with E-state index in [1.807, 2.05) is 19.0 Å². The van der Waals surface area contributed by atoms with Crippen molar-refractivity contribution in [2.45, 2.75) is 57.9 Å². The van der Waals surface area contributed by atoms with Gasteiger partial charge in [0.05, 0.1) is 11.6 Å². The fraction of sp³-hybridized carbons (Fsp3) is 0.696. The van der Waals surface area contributed by atoms with E-state index in [9.17, 15) is 18.0 Å². The number of fused-ring (bicyclic) bond motifs is 1. The zero-order valence-electron chi connectivity index (χ0n) is 18.4. The molecular weight excluding hydrogens is 391 g/mol. The topological polar surface area (TPSA) is 35.6 Å². The predicted octanol–water partition coefficient (Wildman–Crippen LogP) is 4.01. The van der Waals surface area contributed by atoms with Crippen molar-refractivity contribution in [1.82, 2.24) is 15.1 Å². The summed E-state index contributed by atoms with van der Waals surface area (Å²) in [7, 11) is 3.88. The molecule has 1 aliphatic heterocycles. The second kappa shape index (κ2) is 9.27. The summed E-state index contributed by atoms with van der Waals surface area (Å²) in [6.45, 7) is 6.47. The van der Waals surface area contributed by atoms with E-state index in [1.54, 1.807) is 6.07 Å². The third kappa shape index (κ3) is 5.55. The number of hydrogen-bond acceptors (Lipinski definition) is 3. The van der Waals surface area contributed by atoms with E-state index in [4.69, 9.17) is 0 Å². The lowest BCUT2D eigenvalue weighted by Gasteiger charge is -2.28. The van der Waals surface area contributed by atoms with E-state index in [0.29, 0.717) is 29.9 Å². The summed E-state index contributed by atoms with van der Waals surface area (Å²) >= 11 is 0. The Labute approximate surface area is 177 Å². The zero-order valence-corrected chi connectivity index (χ0v) is 18.4. The molecule has 1 amide bonds. The minimum atomic E-state index is -4.31. The number of alkyl halides is 3. The molecule has 2 fully saturated rings. The summed E-state index contributed by atoms with van der Waals surface area (Å²) in [6, 6.07) is 5.63. The van der Waals surface area contributed by atoms with Crippen LogP contribution in [-0.4, -0.2) is 55.0 Å². The molecule has 4 atom stereocenters. The largest absolute Gasteiger partial charge is 0.416 e. The molecule has 1 saturated carbocycles. The van der Waals surface area contributed by atoms with Gasteiger partial charge in [0.1, 0.15) is 0 Å². The van der Waals surface area contributed by atoms with E-state index in [1.165, 1.54) is 12.1 Å². The average molecular weight is 426 g/mol. The van der Waals surface area contributed by atoms with Gasteiger partial charge in [0.25, 0.3) is 0 Å². The molecule has 1 N–H and O–H groups in total. The second-order valence-corrected chi connectivity index (χ2v) is 9.62. The number of carbonyl (C=O) groups excluding carboxylic acids is 1. The molecule has 1 saturated heterocycles. The number of rotatable bonds is 7. The molecule has 1 aliphatic carbocycles. The van der Waals surface area contributed by atoms with Gasteiger partial charge in [0.15, 0.2) is 0 Å². The Bertz CT molecular complexity index is 735. The number of likely N-dealkylation sites (N-methyl/N-ethyl adjacent to an activating group) is 1. The van der Waals surface area contributed by atoms with Gasteiger partial charge in [-0.15, -0.1) is 0 Å². The van der Waals surface area contributed by atoms with Gasteiger partial charge in [0, 0.05) is 25.7 Å². The number of nitrogens with one attached hydrogen (secondary N) is 1. The lowest BCUT2D eigenvalue weighted by atomic mass is 9.96. The van der Waals surface area contributed by atoms with E-state index in [-0.39, 0.29) is 18.0 Å². The smallest absolute Gasteiger partial charge is 0.352 e. The van der Waals surface area contributed by atoms with Crippen LogP contribution in [0.1, 0.15) is 44.2 Å². The minimum Gasteiger partial charge on any atom is -0.352 e. The van der Waals surface area contributed by atoms with Gasteiger partial charge < -0.3 is 5.32 Å². The molecule has 1 aromatic carbocycles. The third-order valence-electron chi connectivity index (χ3n) is 6.54. The molecule has 0 unspecified atom stereocenters. The molecule has 0 radical (unpaired) electrons. The fourth-order valence-corrected chi connectivity index (χ4v) is 5.05. The molecule has 7 heteroatoms. The Morgan fingerprint density at radius 3 is 2.60 bits per heavy atom. The summed E-state index contributed by atoms with van der Waals surface area (Å²) in [5.41, 5.74) is 0.0967. The molecule has 4 nitrogen and oxygen atoms in total. The van der Waals surface area contributed by atoms with Crippen molar-refractivity contribution in [3.8, 4) is 0 Å². The van der Waals surface area contributed by atoms with E-state index in [2.05, 4.69) is 24.1 Å². The number of nitrogens with zero attached hydrogens (tertiary/aromatic N) is 2. The zero-order chi connectivity index (χ0) is 22.1. The van der Waals surface area contributed by atoms with Crippen LogP contribution in [0.15, 0.2) is 24.3 Å². The Kier molecular flexibility index (Phi) is 7.13. The number of benzene rings is 1. The van der Waals surface area contributed by atoms with Crippen LogP contribution in [0.3, 0.4) is 0 Å². The average Bonchev–Trinajstić information content (AvgIpc) is 3.20. The Balaban J connectivity index is 1.59. The van der Waals surface area contributed by atoms with E-state index < -0.39 is 11.7 Å². The summed E-state index contributed by atoms with van der Waals surface area (Å²) < 4.78 is 39.0. The highest BCUT2D eigenvalue weighted by molar-refractivity contribution is 5.82. The normalized spacial score (nSPS) is 25.7. The number of amides is 1. The molecule has 0 spiro atoms. The quantitative estimate of drug-likeness (QED) is 0.717. The van der Waals surface area contributed by atoms with Crippen molar-refractivity contribution in [2.75, 3.05) is 27.2 Å². The maximum absolute atomic E-state index is 13.0. The second-order valence-electron chi connectivity index (χ2n) is 9.62. The van der Waals surface area contributed by atoms with Crippen molar-refractivity contribution in [2.24, 2.45) is 17.8 Å². The Hall–Kier alpha value is -1.60. The highest BCUT2D eigenvalue weighted by atomic mass is 19.4. The minimum absolute atomic E-state index is 0.0932. The van der Waals surface area contributed by atoms with Crippen LogP contribution >= 0.6 is 0 Å². The molecule has 0 bridgehead atoms. The Morgan fingerprint density at radius 1 is 1.23 bits per heavy atom. The SMILES string of the molecule is CC(C)C[C@@H](C(=O)N[C@H]1CC[C@H]2CN(Cc3cccc(C(F)(F)F)c3)C[C@H]21)N(C)C. The first-order chi connectivity index (χ1) is 14.0. The van der Waals surface area contributed by atoms with Gasteiger partial charge in [0.2, 0.25) is 5.91 Å². The fourth-order valence-electron chi connectivity index (χ4n) is 5.05. The van der Waals surface area contributed by atoms with Gasteiger partial charge in [-0.25, -0.2) is 0 Å². The summed E-state index contributed by atoms with van der Waals surface area (Å²) in [5, 5.41) is 3.29. The predicted molar refractivity (Wildman–Crippen MR) is 112 cm³/mol. The van der Waals surface area contributed by atoms with E-state index >= 15 is 0 Å². The van der Waals surface area contributed by atoms with Crippen LogP contribution < -0.4 is 5.32 Å². The number of carbonyl (C=O) groups is 1. The Morgan fingerprint density at radius 2 is 1.97 bits per heavy atom. The lowest BCUT2D eigenvalue weighted by molar-refractivity contribution is -0.137. The molecule has 30 heavy (non-hydrogen) atoms. The van der Waals surface area contributed by atoms with Crippen molar-refractivity contribution in [3.63, 3.8) is 0 Å². The summed E-state index contributed by atoms with van der Waals surface area (Å²) in [6.07, 6.45) is -1.45. The van der Waals surface area contributed by atoms with Crippen LogP contribution in [0.2, 0.25) is 0 Å². The molecular formula is C23H34F3N3O. The number of hydrogen-bond donors (Lipinski definition) is 1. The number of likely N-dealkylation sites (tertiary alicyclic amines) is 1. The van der Waals surface area contributed by atoms with Gasteiger partial charge in [-0.3, -0.25) is 14.6 Å². The van der Waals surface area contributed by atoms with Gasteiger partial charge in [-0.2, -0.15) is 13.2 Å². The first kappa shape index (κ1) is 23.1. The molecule has 0 aromatic heterocycles. The molecule has 2 aliphatic rings. The molecule has 1 heterocycles. The van der Waals surface area contributed by atoms with Gasteiger partial charge in [-0.05, 0) is 62.7 Å². The van der Waals surface area contributed by atoms with Crippen molar-refractivity contribution in [1.29, 1.82) is 0 Å². The first-order valence-electron chi connectivity index (χ1n) is 10.9. The third-order valence-corrected chi connectivity index (χ3v) is 6.54. The molecule has 168 valence electrons. The van der Waals surface area contributed by atoms with Crippen LogP contribution in [0, 0.1) is 17.8 Å².